The van der Waals surface area contributed by atoms with Gasteiger partial charge < -0.3 is 10.1 Å². The molecular weight excluding hydrogens is 366 g/mol. The minimum absolute atomic E-state index is 0.344. The summed E-state index contributed by atoms with van der Waals surface area (Å²) >= 11 is 4.87. The number of rotatable bonds is 3. The lowest BCUT2D eigenvalue weighted by molar-refractivity contribution is 0.262. The maximum Gasteiger partial charge on any atom is 0.325 e. The van der Waals surface area contributed by atoms with Gasteiger partial charge in [0.15, 0.2) is 5.13 Å². The molecule has 0 saturated heterocycles. The first-order valence-electron chi connectivity index (χ1n) is 6.43. The monoisotopic (exact) mass is 377 g/mol. The number of nitrogens with one attached hydrogen (secondary N) is 2. The molecule has 3 rings (SSSR count). The number of carbonyl (C=O) groups excluding carboxylic acids is 1. The summed E-state index contributed by atoms with van der Waals surface area (Å²) < 4.78 is 7.03. The third-order valence-corrected chi connectivity index (χ3v) is 4.49. The Hall–Kier alpha value is -2.12. The molecule has 22 heavy (non-hydrogen) atoms. The highest BCUT2D eigenvalue weighted by molar-refractivity contribution is 9.10. The van der Waals surface area contributed by atoms with Crippen molar-refractivity contribution in [1.82, 2.24) is 4.98 Å². The number of nitrogens with zero attached hydrogens (tertiary/aromatic N) is 1. The molecule has 112 valence electrons. The summed E-state index contributed by atoms with van der Waals surface area (Å²) in [5, 5.41) is 6.03. The van der Waals surface area contributed by atoms with Crippen LogP contribution in [0.3, 0.4) is 0 Å². The molecule has 0 unspecified atom stereocenters. The van der Waals surface area contributed by atoms with Gasteiger partial charge >= 0.3 is 6.03 Å². The number of amides is 2. The lowest BCUT2D eigenvalue weighted by Crippen LogP contribution is -2.19. The van der Waals surface area contributed by atoms with E-state index in [1.165, 1.54) is 11.3 Å². The van der Waals surface area contributed by atoms with Gasteiger partial charge in [0, 0.05) is 16.2 Å². The molecule has 0 aliphatic heterocycles. The van der Waals surface area contributed by atoms with Crippen LogP contribution in [0.15, 0.2) is 46.9 Å². The Balaban J connectivity index is 1.74. The van der Waals surface area contributed by atoms with Crippen molar-refractivity contribution in [3.05, 3.63) is 46.9 Å². The first kappa shape index (κ1) is 14.8. The number of para-hydroxylation sites is 1. The van der Waals surface area contributed by atoms with Crippen LogP contribution >= 0.6 is 27.3 Å². The second-order valence-electron chi connectivity index (χ2n) is 4.42. The molecule has 0 saturated carbocycles. The molecule has 0 spiro atoms. The molecule has 0 aliphatic rings. The minimum Gasteiger partial charge on any atom is -0.497 e. The second-order valence-corrected chi connectivity index (χ2v) is 6.30. The zero-order valence-corrected chi connectivity index (χ0v) is 14.0. The van der Waals surface area contributed by atoms with Gasteiger partial charge in [-0.1, -0.05) is 23.5 Å². The zero-order valence-electron chi connectivity index (χ0n) is 11.6. The molecular formula is C15H12BrN3O2S. The van der Waals surface area contributed by atoms with Gasteiger partial charge in [-0.2, -0.15) is 0 Å². The summed E-state index contributed by atoms with van der Waals surface area (Å²) in [5.41, 5.74) is 1.49. The number of benzene rings is 2. The quantitative estimate of drug-likeness (QED) is 0.694. The maximum atomic E-state index is 12.0. The van der Waals surface area contributed by atoms with Gasteiger partial charge in [-0.15, -0.1) is 0 Å². The third-order valence-electron chi connectivity index (χ3n) is 2.92. The molecule has 2 N–H and O–H groups in total. The molecule has 0 atom stereocenters. The van der Waals surface area contributed by atoms with Gasteiger partial charge in [0.1, 0.15) is 5.75 Å². The Kier molecular flexibility index (Phi) is 4.26. The van der Waals surface area contributed by atoms with Gasteiger partial charge in [0.05, 0.1) is 17.3 Å². The average molecular weight is 378 g/mol. The van der Waals surface area contributed by atoms with E-state index >= 15 is 0 Å². The lowest BCUT2D eigenvalue weighted by Gasteiger charge is -2.06. The van der Waals surface area contributed by atoms with Crippen LogP contribution in [0.2, 0.25) is 0 Å². The highest BCUT2D eigenvalue weighted by atomic mass is 79.9. The molecule has 0 aliphatic carbocycles. The summed E-state index contributed by atoms with van der Waals surface area (Å²) in [7, 11) is 1.58. The van der Waals surface area contributed by atoms with Gasteiger partial charge in [-0.05, 0) is 40.2 Å². The fourth-order valence-corrected chi connectivity index (χ4v) is 3.40. The highest BCUT2D eigenvalue weighted by Crippen LogP contribution is 2.30. The normalized spacial score (nSPS) is 10.5. The number of methoxy groups -OCH3 is 1. The Labute approximate surface area is 139 Å². The fourth-order valence-electron chi connectivity index (χ4n) is 1.93. The van der Waals surface area contributed by atoms with E-state index < -0.39 is 0 Å². The highest BCUT2D eigenvalue weighted by Gasteiger charge is 2.09. The van der Waals surface area contributed by atoms with Crippen molar-refractivity contribution >= 4 is 54.3 Å². The number of hydrogen-bond donors (Lipinski definition) is 2. The zero-order chi connectivity index (χ0) is 15.5. The van der Waals surface area contributed by atoms with Crippen LogP contribution in [0.4, 0.5) is 15.6 Å². The Morgan fingerprint density at radius 2 is 2.05 bits per heavy atom. The third kappa shape index (κ3) is 3.20. The predicted molar refractivity (Wildman–Crippen MR) is 93.0 cm³/mol. The largest absolute Gasteiger partial charge is 0.497 e. The van der Waals surface area contributed by atoms with Crippen molar-refractivity contribution in [3.63, 3.8) is 0 Å². The van der Waals surface area contributed by atoms with Crippen molar-refractivity contribution < 1.29 is 9.53 Å². The number of anilines is 2. The van der Waals surface area contributed by atoms with Crippen LogP contribution < -0.4 is 15.4 Å². The molecule has 3 aromatic rings. The maximum absolute atomic E-state index is 12.0. The molecule has 2 aromatic carbocycles. The summed E-state index contributed by atoms with van der Waals surface area (Å²) in [4.78, 5) is 16.4. The second kappa shape index (κ2) is 6.33. The summed E-state index contributed by atoms with van der Waals surface area (Å²) in [6.45, 7) is 0. The van der Waals surface area contributed by atoms with Crippen molar-refractivity contribution in [3.8, 4) is 5.75 Å². The number of fused-ring (bicyclic) bond motifs is 1. The molecule has 7 heteroatoms. The van der Waals surface area contributed by atoms with Crippen molar-refractivity contribution in [1.29, 1.82) is 0 Å². The van der Waals surface area contributed by atoms with E-state index in [0.717, 1.165) is 14.7 Å². The molecule has 0 bridgehead atoms. The minimum atomic E-state index is -0.344. The van der Waals surface area contributed by atoms with E-state index in [1.54, 1.807) is 19.2 Å². The predicted octanol–water partition coefficient (Wildman–Crippen LogP) is 4.71. The Bertz CT molecular complexity index is 835. The first-order valence-corrected chi connectivity index (χ1v) is 8.04. The first-order chi connectivity index (χ1) is 10.7. The number of urea groups is 1. The van der Waals surface area contributed by atoms with E-state index in [2.05, 4.69) is 31.5 Å². The van der Waals surface area contributed by atoms with Crippen LogP contribution in [0.1, 0.15) is 0 Å². The SMILES string of the molecule is COc1cccc(NC(=O)Nc2nc3c(Br)cccc3s2)c1. The van der Waals surface area contributed by atoms with Crippen molar-refractivity contribution in [2.45, 2.75) is 0 Å². The molecule has 2 amide bonds. The van der Waals surface area contributed by atoms with Gasteiger partial charge in [0.2, 0.25) is 0 Å². The molecule has 1 aromatic heterocycles. The Morgan fingerprint density at radius 1 is 1.23 bits per heavy atom. The smallest absolute Gasteiger partial charge is 0.325 e. The fraction of sp³-hybridized carbons (Fsp3) is 0.0667. The van der Waals surface area contributed by atoms with E-state index in [1.807, 2.05) is 30.3 Å². The average Bonchev–Trinajstić information content (AvgIpc) is 2.91. The van der Waals surface area contributed by atoms with Crippen LogP contribution in [-0.2, 0) is 0 Å². The summed E-state index contributed by atoms with van der Waals surface area (Å²) in [5.74, 6) is 0.682. The number of thiazole rings is 1. The number of ether oxygens (including phenoxy) is 1. The van der Waals surface area contributed by atoms with Crippen molar-refractivity contribution in [2.24, 2.45) is 0 Å². The van der Waals surface area contributed by atoms with Gasteiger partial charge in [-0.25, -0.2) is 9.78 Å². The summed E-state index contributed by atoms with van der Waals surface area (Å²) in [6, 6.07) is 12.6. The Morgan fingerprint density at radius 3 is 2.82 bits per heavy atom. The topological polar surface area (TPSA) is 63.2 Å². The number of aromatic nitrogens is 1. The molecule has 1 heterocycles. The lowest BCUT2D eigenvalue weighted by atomic mass is 10.3. The van der Waals surface area contributed by atoms with Crippen LogP contribution in [0.25, 0.3) is 10.2 Å². The standard InChI is InChI=1S/C15H12BrN3O2S/c1-21-10-5-2-4-9(8-10)17-14(20)19-15-18-13-11(16)6-3-7-12(13)22-15/h2-8H,1H3,(H2,17,18,19,20). The van der Waals surface area contributed by atoms with E-state index in [-0.39, 0.29) is 6.03 Å². The van der Waals surface area contributed by atoms with Gasteiger partial charge in [0.25, 0.3) is 0 Å². The van der Waals surface area contributed by atoms with Crippen molar-refractivity contribution in [2.75, 3.05) is 17.7 Å². The molecule has 0 radical (unpaired) electrons. The number of halogens is 1. The van der Waals surface area contributed by atoms with E-state index in [0.29, 0.717) is 16.6 Å². The van der Waals surface area contributed by atoms with Gasteiger partial charge in [-0.3, -0.25) is 5.32 Å². The van der Waals surface area contributed by atoms with Crippen LogP contribution in [0, 0.1) is 0 Å². The van der Waals surface area contributed by atoms with Crippen LogP contribution in [-0.4, -0.2) is 18.1 Å². The van der Waals surface area contributed by atoms with E-state index in [9.17, 15) is 4.79 Å². The molecule has 0 fully saturated rings. The van der Waals surface area contributed by atoms with Crippen LogP contribution in [0.5, 0.6) is 5.75 Å². The number of hydrogen-bond acceptors (Lipinski definition) is 4. The molecule has 5 nitrogen and oxygen atoms in total. The number of carbonyl (C=O) groups is 1. The van der Waals surface area contributed by atoms with E-state index in [4.69, 9.17) is 4.74 Å². The summed E-state index contributed by atoms with van der Waals surface area (Å²) in [6.07, 6.45) is 0.